The van der Waals surface area contributed by atoms with Crippen LogP contribution in [0.2, 0.25) is 0 Å². The molecular formula is C11H19NO3. The van der Waals surface area contributed by atoms with Gasteiger partial charge in [0.25, 0.3) is 0 Å². The summed E-state index contributed by atoms with van der Waals surface area (Å²) in [6.07, 6.45) is 1.50. The number of nitrogens with one attached hydrogen (secondary N) is 1. The number of hydrogen-bond acceptors (Lipinski definition) is 2. The SMILES string of the molecule is CCC(C)C(C)NC(=O)[C@@H]1C[C@@H]1C(=O)O. The largest absolute Gasteiger partial charge is 0.481 e. The van der Waals surface area contributed by atoms with E-state index in [0.717, 1.165) is 6.42 Å². The van der Waals surface area contributed by atoms with E-state index in [1.54, 1.807) is 0 Å². The number of aliphatic carboxylic acids is 1. The quantitative estimate of drug-likeness (QED) is 0.722. The van der Waals surface area contributed by atoms with Gasteiger partial charge in [-0.1, -0.05) is 20.3 Å². The molecule has 1 rings (SSSR count). The van der Waals surface area contributed by atoms with E-state index in [-0.39, 0.29) is 17.9 Å². The van der Waals surface area contributed by atoms with Crippen LogP contribution in [0.4, 0.5) is 0 Å². The first-order chi connectivity index (χ1) is 6.97. The lowest BCUT2D eigenvalue weighted by Crippen LogP contribution is -2.38. The third kappa shape index (κ3) is 2.94. The maximum Gasteiger partial charge on any atom is 0.307 e. The van der Waals surface area contributed by atoms with Gasteiger partial charge in [0.05, 0.1) is 11.8 Å². The van der Waals surface area contributed by atoms with Crippen molar-refractivity contribution >= 4 is 11.9 Å². The Morgan fingerprint density at radius 3 is 2.40 bits per heavy atom. The van der Waals surface area contributed by atoms with Crippen LogP contribution in [0, 0.1) is 17.8 Å². The van der Waals surface area contributed by atoms with Crippen LogP contribution in [-0.4, -0.2) is 23.0 Å². The first kappa shape index (κ1) is 12.0. The molecule has 2 N–H and O–H groups in total. The van der Waals surface area contributed by atoms with Crippen LogP contribution in [-0.2, 0) is 9.59 Å². The lowest BCUT2D eigenvalue weighted by Gasteiger charge is -2.19. The van der Waals surface area contributed by atoms with E-state index >= 15 is 0 Å². The Morgan fingerprint density at radius 1 is 1.40 bits per heavy atom. The number of hydrogen-bond donors (Lipinski definition) is 2. The topological polar surface area (TPSA) is 66.4 Å². The van der Waals surface area contributed by atoms with Crippen molar-refractivity contribution in [3.63, 3.8) is 0 Å². The molecule has 0 radical (unpaired) electrons. The molecule has 0 spiro atoms. The van der Waals surface area contributed by atoms with Crippen molar-refractivity contribution in [3.05, 3.63) is 0 Å². The minimum atomic E-state index is -0.855. The molecule has 0 saturated heterocycles. The van der Waals surface area contributed by atoms with Crippen molar-refractivity contribution in [2.24, 2.45) is 17.8 Å². The van der Waals surface area contributed by atoms with Gasteiger partial charge in [0, 0.05) is 6.04 Å². The Kier molecular flexibility index (Phi) is 3.72. The summed E-state index contributed by atoms with van der Waals surface area (Å²) in [4.78, 5) is 22.1. The molecule has 1 amide bonds. The minimum absolute atomic E-state index is 0.102. The van der Waals surface area contributed by atoms with Gasteiger partial charge in [-0.25, -0.2) is 0 Å². The molecule has 0 aromatic carbocycles. The molecule has 0 heterocycles. The molecule has 2 unspecified atom stereocenters. The van der Waals surface area contributed by atoms with E-state index < -0.39 is 11.9 Å². The molecule has 1 fully saturated rings. The van der Waals surface area contributed by atoms with Gasteiger partial charge in [-0.3, -0.25) is 9.59 Å². The van der Waals surface area contributed by atoms with Crippen LogP contribution < -0.4 is 5.32 Å². The van der Waals surface area contributed by atoms with Crippen LogP contribution in [0.3, 0.4) is 0 Å². The van der Waals surface area contributed by atoms with Gasteiger partial charge >= 0.3 is 5.97 Å². The monoisotopic (exact) mass is 213 g/mol. The Hall–Kier alpha value is -1.06. The van der Waals surface area contributed by atoms with Gasteiger partial charge in [-0.05, 0) is 19.3 Å². The number of carbonyl (C=O) groups is 2. The molecule has 0 aliphatic heterocycles. The highest BCUT2D eigenvalue weighted by Gasteiger charge is 2.48. The predicted molar refractivity (Wildman–Crippen MR) is 56.3 cm³/mol. The predicted octanol–water partition coefficient (Wildman–Crippen LogP) is 1.26. The lowest BCUT2D eigenvalue weighted by molar-refractivity contribution is -0.140. The number of carbonyl (C=O) groups excluding carboxylic acids is 1. The van der Waals surface area contributed by atoms with Crippen molar-refractivity contribution in [2.75, 3.05) is 0 Å². The Balaban J connectivity index is 2.35. The van der Waals surface area contributed by atoms with Crippen molar-refractivity contribution < 1.29 is 14.7 Å². The van der Waals surface area contributed by atoms with E-state index in [2.05, 4.69) is 19.2 Å². The van der Waals surface area contributed by atoms with Crippen LogP contribution in [0.1, 0.15) is 33.6 Å². The van der Waals surface area contributed by atoms with E-state index in [9.17, 15) is 9.59 Å². The fourth-order valence-electron chi connectivity index (χ4n) is 1.58. The fourth-order valence-corrected chi connectivity index (χ4v) is 1.58. The third-order valence-electron chi connectivity index (χ3n) is 3.31. The van der Waals surface area contributed by atoms with Gasteiger partial charge in [0.2, 0.25) is 5.91 Å². The number of carboxylic acid groups (broad SMARTS) is 1. The van der Waals surface area contributed by atoms with Crippen molar-refractivity contribution in [2.45, 2.75) is 39.7 Å². The number of rotatable bonds is 5. The van der Waals surface area contributed by atoms with Gasteiger partial charge in [-0.2, -0.15) is 0 Å². The van der Waals surface area contributed by atoms with Crippen LogP contribution >= 0.6 is 0 Å². The standard InChI is InChI=1S/C11H19NO3/c1-4-6(2)7(3)12-10(13)8-5-9(8)11(14)15/h6-9H,4-5H2,1-3H3,(H,12,13)(H,14,15)/t6?,7?,8-,9+/m1/s1. The second kappa shape index (κ2) is 4.64. The fraction of sp³-hybridized carbons (Fsp3) is 0.818. The molecule has 0 bridgehead atoms. The van der Waals surface area contributed by atoms with Crippen molar-refractivity contribution in [1.82, 2.24) is 5.32 Å². The maximum absolute atomic E-state index is 11.6. The number of amides is 1. The van der Waals surface area contributed by atoms with Gasteiger partial charge in [-0.15, -0.1) is 0 Å². The zero-order valence-corrected chi connectivity index (χ0v) is 9.49. The van der Waals surface area contributed by atoms with Crippen molar-refractivity contribution in [1.29, 1.82) is 0 Å². The molecular weight excluding hydrogens is 194 g/mol. The molecule has 1 saturated carbocycles. The highest BCUT2D eigenvalue weighted by atomic mass is 16.4. The molecule has 86 valence electrons. The smallest absolute Gasteiger partial charge is 0.307 e. The average molecular weight is 213 g/mol. The second-order valence-electron chi connectivity index (χ2n) is 4.47. The van der Waals surface area contributed by atoms with Crippen molar-refractivity contribution in [3.8, 4) is 0 Å². The van der Waals surface area contributed by atoms with Gasteiger partial charge < -0.3 is 10.4 Å². The van der Waals surface area contributed by atoms with E-state index in [4.69, 9.17) is 5.11 Å². The highest BCUT2D eigenvalue weighted by molar-refractivity contribution is 5.89. The molecule has 4 heteroatoms. The summed E-state index contributed by atoms with van der Waals surface area (Å²) in [6.45, 7) is 6.11. The third-order valence-corrected chi connectivity index (χ3v) is 3.31. The summed E-state index contributed by atoms with van der Waals surface area (Å²) in [5.41, 5.74) is 0. The summed E-state index contributed by atoms with van der Waals surface area (Å²) < 4.78 is 0. The zero-order chi connectivity index (χ0) is 11.6. The zero-order valence-electron chi connectivity index (χ0n) is 9.49. The van der Waals surface area contributed by atoms with E-state index in [1.165, 1.54) is 0 Å². The van der Waals surface area contributed by atoms with Gasteiger partial charge in [0.15, 0.2) is 0 Å². The molecule has 15 heavy (non-hydrogen) atoms. The molecule has 1 aliphatic carbocycles. The second-order valence-corrected chi connectivity index (χ2v) is 4.47. The molecule has 4 nitrogen and oxygen atoms in total. The Morgan fingerprint density at radius 2 is 2.00 bits per heavy atom. The lowest BCUT2D eigenvalue weighted by atomic mass is 10.0. The summed E-state index contributed by atoms with van der Waals surface area (Å²) in [6, 6.07) is 0.123. The molecule has 1 aliphatic rings. The van der Waals surface area contributed by atoms with Crippen LogP contribution in [0.5, 0.6) is 0 Å². The summed E-state index contributed by atoms with van der Waals surface area (Å²) in [5, 5.41) is 11.6. The van der Waals surface area contributed by atoms with Crippen LogP contribution in [0.25, 0.3) is 0 Å². The highest BCUT2D eigenvalue weighted by Crippen LogP contribution is 2.38. The summed E-state index contributed by atoms with van der Waals surface area (Å²) in [7, 11) is 0. The van der Waals surface area contributed by atoms with Gasteiger partial charge in [0.1, 0.15) is 0 Å². The average Bonchev–Trinajstić information content (AvgIpc) is 2.95. The van der Waals surface area contributed by atoms with E-state index in [0.29, 0.717) is 12.3 Å². The molecule has 0 aromatic heterocycles. The minimum Gasteiger partial charge on any atom is -0.481 e. The molecule has 0 aromatic rings. The van der Waals surface area contributed by atoms with Crippen LogP contribution in [0.15, 0.2) is 0 Å². The number of carboxylic acids is 1. The Labute approximate surface area is 90.0 Å². The Bertz CT molecular complexity index is 265. The van der Waals surface area contributed by atoms with E-state index in [1.807, 2.05) is 6.92 Å². The molecule has 4 atom stereocenters. The summed E-state index contributed by atoms with van der Waals surface area (Å²) in [5.74, 6) is -1.28. The first-order valence-electron chi connectivity index (χ1n) is 5.50. The normalized spacial score (nSPS) is 27.9. The maximum atomic E-state index is 11.6. The first-order valence-corrected chi connectivity index (χ1v) is 5.50. The summed E-state index contributed by atoms with van der Waals surface area (Å²) >= 11 is 0.